The van der Waals surface area contributed by atoms with Crippen molar-refractivity contribution in [1.82, 2.24) is 10.2 Å². The van der Waals surface area contributed by atoms with Crippen LogP contribution in [0.2, 0.25) is 0 Å². The van der Waals surface area contributed by atoms with Crippen molar-refractivity contribution in [2.75, 3.05) is 32.8 Å². The van der Waals surface area contributed by atoms with Crippen LogP contribution in [0.3, 0.4) is 0 Å². The molecule has 29 heavy (non-hydrogen) atoms. The Morgan fingerprint density at radius 2 is 2.03 bits per heavy atom. The number of fused-ring (bicyclic) bond motifs is 1. The number of nitrogens with zero attached hydrogens (tertiary/aromatic N) is 1. The van der Waals surface area contributed by atoms with Crippen molar-refractivity contribution in [1.29, 1.82) is 0 Å². The highest BCUT2D eigenvalue weighted by molar-refractivity contribution is 5.76. The van der Waals surface area contributed by atoms with E-state index in [1.54, 1.807) is 0 Å². The van der Waals surface area contributed by atoms with Gasteiger partial charge in [-0.2, -0.15) is 0 Å². The zero-order valence-corrected chi connectivity index (χ0v) is 15.0. The Morgan fingerprint density at radius 3 is 2.83 bits per heavy atom. The van der Waals surface area contributed by atoms with E-state index in [2.05, 4.69) is 0 Å². The minimum atomic E-state index is -4.66. The van der Waals surface area contributed by atoms with Gasteiger partial charge in [0.15, 0.2) is 11.5 Å². The summed E-state index contributed by atoms with van der Waals surface area (Å²) in [5, 5.41) is 13.2. The average Bonchev–Trinajstić information content (AvgIpc) is 3.16. The van der Waals surface area contributed by atoms with Crippen LogP contribution in [0.15, 0.2) is 18.2 Å². The summed E-state index contributed by atoms with van der Waals surface area (Å²) in [5.74, 6) is -3.60. The Hall–Kier alpha value is -1.79. The number of amides is 1. The van der Waals surface area contributed by atoms with Gasteiger partial charge in [-0.1, -0.05) is 38.4 Å². The molecule has 0 spiro atoms. The summed E-state index contributed by atoms with van der Waals surface area (Å²) in [7, 11) is 0. The summed E-state index contributed by atoms with van der Waals surface area (Å²) < 4.78 is 210. The van der Waals surface area contributed by atoms with Crippen molar-refractivity contribution in [2.24, 2.45) is 0 Å². The smallest absolute Gasteiger partial charge is 0.220 e. The second-order valence-corrected chi connectivity index (χ2v) is 5.60. The van der Waals surface area contributed by atoms with E-state index < -0.39 is 126 Å². The van der Waals surface area contributed by atoms with Crippen molar-refractivity contribution in [3.63, 3.8) is 0 Å². The second-order valence-electron chi connectivity index (χ2n) is 5.60. The molecule has 1 aromatic rings. The van der Waals surface area contributed by atoms with E-state index in [1.165, 1.54) is 5.32 Å². The molecule has 2 aliphatic rings. The number of benzene rings is 1. The van der Waals surface area contributed by atoms with Gasteiger partial charge in [0.25, 0.3) is 0 Å². The van der Waals surface area contributed by atoms with Crippen LogP contribution in [0.25, 0.3) is 0 Å². The third-order valence-corrected chi connectivity index (χ3v) is 3.67. The molecule has 2 N–H and O–H groups in total. The average molecular weight is 430 g/mol. The third-order valence-electron chi connectivity index (χ3n) is 3.67. The lowest BCUT2D eigenvalue weighted by molar-refractivity contribution is -0.123. The predicted octanol–water partition coefficient (Wildman–Crippen LogP) is 3.43. The number of aliphatic hydroxyl groups is 1. The quantitative estimate of drug-likeness (QED) is 0.564. The van der Waals surface area contributed by atoms with E-state index >= 15 is 0 Å². The summed E-state index contributed by atoms with van der Waals surface area (Å²) in [6, 6.07) is -1.23. The number of ether oxygens (including phenoxy) is 2. The first-order chi connectivity index (χ1) is 23.4. The highest BCUT2D eigenvalue weighted by Gasteiger charge is 2.27. The molecule has 0 radical (unpaired) electrons. The van der Waals surface area contributed by atoms with Crippen LogP contribution < -0.4 is 14.8 Å². The summed E-state index contributed by atoms with van der Waals surface area (Å²) in [4.78, 5) is 14.5. The van der Waals surface area contributed by atoms with E-state index in [9.17, 15) is 9.90 Å². The molecule has 3 rings (SSSR count). The zero-order chi connectivity index (χ0) is 42.8. The lowest BCUT2D eigenvalue weighted by atomic mass is 10.0. The monoisotopic (exact) mass is 429 g/mol. The SMILES string of the molecule is [2H]C([2H])([2H])C([2H])([2H])C([2H])([2H])C([2H])([2H])C([2H])([2H])C([2H])([2H])C([2H])([2H])C(=O)N[C@]([2H])(CN1CC([2H])([2H])C([2H])([2H])C1)[C@]([2H])(O)c1ccc2c(c1)OC([2H])([2H])C([2H])([2H])O2. The van der Waals surface area contributed by atoms with Crippen molar-refractivity contribution in [3.8, 4) is 11.5 Å². The number of carbonyl (C=O) groups is 1. The van der Waals surface area contributed by atoms with E-state index in [-0.39, 0.29) is 0 Å². The lowest BCUT2D eigenvalue weighted by Crippen LogP contribution is -2.46. The number of likely N-dealkylation sites (tertiary alicyclic amines) is 1. The van der Waals surface area contributed by atoms with Crippen LogP contribution >= 0.6 is 0 Å². The van der Waals surface area contributed by atoms with Crippen LogP contribution in [0, 0.1) is 0 Å². The number of hydrogen-bond acceptors (Lipinski definition) is 5. The molecule has 2 aliphatic heterocycles. The molecule has 0 aliphatic carbocycles. The van der Waals surface area contributed by atoms with Crippen LogP contribution in [0.4, 0.5) is 0 Å². The van der Waals surface area contributed by atoms with Gasteiger partial charge in [-0.25, -0.2) is 0 Å². The minimum Gasteiger partial charge on any atom is -0.486 e. The molecule has 0 unspecified atom stereocenters. The predicted molar refractivity (Wildman–Crippen MR) is 113 cm³/mol. The number of carbonyl (C=O) groups excluding carboxylic acids is 1. The molecule has 1 fully saturated rings. The first kappa shape index (κ1) is 6.36. The molecule has 0 aromatic heterocycles. The largest absolute Gasteiger partial charge is 0.486 e. The molecule has 1 amide bonds. The molecule has 2 atom stereocenters. The van der Waals surface area contributed by atoms with Gasteiger partial charge < -0.3 is 24.8 Å². The number of rotatable bonds is 11. The summed E-state index contributed by atoms with van der Waals surface area (Å²) in [6.45, 7) is -13.3. The van der Waals surface area contributed by atoms with Crippen LogP contribution in [0.1, 0.15) is 104 Å². The molecular formula is C23H36N2O4. The molecule has 1 saturated heterocycles. The van der Waals surface area contributed by atoms with E-state index in [4.69, 9.17) is 43.7 Å². The number of hydrogen-bond donors (Lipinski definition) is 2. The molecule has 0 saturated carbocycles. The fourth-order valence-electron chi connectivity index (χ4n) is 2.40. The Balaban J connectivity index is 2.16. The molecule has 6 heteroatoms. The van der Waals surface area contributed by atoms with E-state index in [0.29, 0.717) is 6.07 Å². The van der Waals surface area contributed by atoms with Gasteiger partial charge in [0.2, 0.25) is 5.91 Å². The van der Waals surface area contributed by atoms with Gasteiger partial charge in [0.05, 0.1) is 14.2 Å². The fourth-order valence-corrected chi connectivity index (χ4v) is 2.40. The second kappa shape index (κ2) is 11.4. The van der Waals surface area contributed by atoms with Gasteiger partial charge in [0.1, 0.15) is 19.2 Å². The van der Waals surface area contributed by atoms with E-state index in [0.717, 1.165) is 17.0 Å². The normalized spacial score (nSPS) is 43.7. The maximum Gasteiger partial charge on any atom is 0.220 e. The Labute approximate surface area is 209 Å². The van der Waals surface area contributed by atoms with Crippen molar-refractivity contribution in [3.05, 3.63) is 23.8 Å². The van der Waals surface area contributed by atoms with Gasteiger partial charge in [0, 0.05) is 39.0 Å². The summed E-state index contributed by atoms with van der Waals surface area (Å²) in [5.41, 5.74) is -0.820. The van der Waals surface area contributed by atoms with Gasteiger partial charge >= 0.3 is 0 Å². The molecule has 0 bridgehead atoms. The summed E-state index contributed by atoms with van der Waals surface area (Å²) >= 11 is 0. The zero-order valence-electron chi connectivity index (χ0n) is 40.0. The van der Waals surface area contributed by atoms with Gasteiger partial charge in [-0.05, 0) is 49.9 Å². The maximum absolute atomic E-state index is 13.7. The highest BCUT2D eigenvalue weighted by Crippen LogP contribution is 2.33. The van der Waals surface area contributed by atoms with Gasteiger partial charge in [-0.15, -0.1) is 0 Å². The first-order valence-electron chi connectivity index (χ1n) is 20.7. The first-order valence-corrected chi connectivity index (χ1v) is 8.24. The fraction of sp³-hybridized carbons (Fsp3) is 0.696. The van der Waals surface area contributed by atoms with Crippen molar-refractivity contribution < 1.29 is 53.6 Å². The van der Waals surface area contributed by atoms with Gasteiger partial charge in [-0.3, -0.25) is 4.79 Å². The van der Waals surface area contributed by atoms with Crippen molar-refractivity contribution >= 4 is 5.91 Å². The highest BCUT2D eigenvalue weighted by atomic mass is 16.6. The molecule has 2 heterocycles. The molecular weight excluding hydrogens is 368 g/mol. The Bertz CT molecular complexity index is 1610. The lowest BCUT2D eigenvalue weighted by Gasteiger charge is -2.29. The maximum atomic E-state index is 13.7. The minimum absolute atomic E-state index is 0.487. The van der Waals surface area contributed by atoms with Crippen molar-refractivity contribution in [2.45, 2.75) is 69.9 Å². The van der Waals surface area contributed by atoms with Crippen LogP contribution in [-0.2, 0) is 4.79 Å². The standard InChI is InChI=1S/C23H36N2O4/c1-2-3-4-5-6-9-22(26)24-19(17-25-12-7-8-13-25)23(27)18-10-11-20-21(16-18)29-15-14-28-20/h10-11,16,19,23,27H,2-9,12-15,17H2,1H3,(H,24,26)/t19-,23-/m1/s1/i1D3,2D2,3D2,4D2,5D2,6D2,7D2,8D2,9D2,14D2,15D2,19D,23D. The van der Waals surface area contributed by atoms with Crippen LogP contribution in [0.5, 0.6) is 11.5 Å². The summed E-state index contributed by atoms with van der Waals surface area (Å²) in [6.07, 6.45) is -36.1. The Kier molecular flexibility index (Phi) is 2.50. The molecule has 6 nitrogen and oxygen atoms in total. The third kappa shape index (κ3) is 6.61. The molecule has 1 aromatic carbocycles. The molecule has 162 valence electrons. The number of nitrogens with one attached hydrogen (secondary N) is 1. The van der Waals surface area contributed by atoms with E-state index in [1.807, 2.05) is 0 Å². The Morgan fingerprint density at radius 1 is 1.28 bits per heavy atom. The topological polar surface area (TPSA) is 71.0 Å². The van der Waals surface area contributed by atoms with Crippen LogP contribution in [-0.4, -0.2) is 54.7 Å².